The van der Waals surface area contributed by atoms with Crippen molar-refractivity contribution in [1.82, 2.24) is 16.1 Å². The van der Waals surface area contributed by atoms with Gasteiger partial charge in [-0.2, -0.15) is 5.10 Å². The SMILES string of the molecule is CCOC(=O)C1=C(C)NC(=S)N[C@H]1c1ccccc1OCC(=O)NN=Cc1cc(OC)c(OCC(=O)O)cc1Br. The Morgan fingerprint density at radius 2 is 1.88 bits per heavy atom. The largest absolute Gasteiger partial charge is 0.493 e. The number of halogens is 1. The van der Waals surface area contributed by atoms with Gasteiger partial charge >= 0.3 is 11.9 Å². The maximum Gasteiger partial charge on any atom is 0.341 e. The molecule has 12 nitrogen and oxygen atoms in total. The van der Waals surface area contributed by atoms with Crippen LogP contribution in [-0.2, 0) is 19.1 Å². The van der Waals surface area contributed by atoms with Crippen LogP contribution < -0.4 is 30.3 Å². The lowest BCUT2D eigenvalue weighted by atomic mass is 9.95. The fourth-order valence-electron chi connectivity index (χ4n) is 3.67. The number of carboxylic acid groups (broad SMARTS) is 1. The van der Waals surface area contributed by atoms with Crippen LogP contribution in [-0.4, -0.2) is 61.2 Å². The number of carbonyl (C=O) groups excluding carboxylic acids is 2. The molecular formula is C26H27BrN4O8S. The highest BCUT2D eigenvalue weighted by atomic mass is 79.9. The Bertz CT molecular complexity index is 1360. The number of hydrogen-bond acceptors (Lipinski definition) is 9. The van der Waals surface area contributed by atoms with Crippen LogP contribution in [0.2, 0.25) is 0 Å². The van der Waals surface area contributed by atoms with E-state index in [-0.39, 0.29) is 24.7 Å². The number of thiocarbonyl (C=S) groups is 1. The number of nitrogens with zero attached hydrogens (tertiary/aromatic N) is 1. The fourth-order valence-corrected chi connectivity index (χ4v) is 4.36. The van der Waals surface area contributed by atoms with Gasteiger partial charge in [0.25, 0.3) is 5.91 Å². The molecule has 0 spiro atoms. The zero-order valence-corrected chi connectivity index (χ0v) is 24.2. The highest BCUT2D eigenvalue weighted by molar-refractivity contribution is 9.10. The normalized spacial score (nSPS) is 14.7. The number of amides is 1. The molecule has 1 aliphatic heterocycles. The van der Waals surface area contributed by atoms with Gasteiger partial charge in [0.05, 0.1) is 31.5 Å². The highest BCUT2D eigenvalue weighted by Gasteiger charge is 2.32. The number of para-hydroxylation sites is 1. The second-order valence-corrected chi connectivity index (χ2v) is 9.38. The molecule has 0 saturated carbocycles. The summed E-state index contributed by atoms with van der Waals surface area (Å²) in [4.78, 5) is 35.9. The molecule has 0 bridgehead atoms. The molecule has 0 aromatic heterocycles. The quantitative estimate of drug-likeness (QED) is 0.118. The fraction of sp³-hybridized carbons (Fsp3) is 0.269. The summed E-state index contributed by atoms with van der Waals surface area (Å²) >= 11 is 8.64. The van der Waals surface area contributed by atoms with Crippen LogP contribution in [0.15, 0.2) is 57.2 Å². The zero-order valence-electron chi connectivity index (χ0n) is 21.8. The van der Waals surface area contributed by atoms with Gasteiger partial charge in [-0.25, -0.2) is 15.0 Å². The minimum absolute atomic E-state index is 0.206. The summed E-state index contributed by atoms with van der Waals surface area (Å²) in [7, 11) is 1.41. The number of esters is 1. The molecule has 1 aliphatic rings. The number of nitrogens with one attached hydrogen (secondary N) is 3. The number of aliphatic carboxylic acids is 1. The molecule has 14 heteroatoms. The predicted molar refractivity (Wildman–Crippen MR) is 152 cm³/mol. The van der Waals surface area contributed by atoms with E-state index in [1.165, 1.54) is 19.4 Å². The molecule has 0 unspecified atom stereocenters. The number of hydrogen-bond donors (Lipinski definition) is 4. The number of methoxy groups -OCH3 is 1. The van der Waals surface area contributed by atoms with E-state index in [0.717, 1.165) is 0 Å². The van der Waals surface area contributed by atoms with Crippen molar-refractivity contribution in [3.8, 4) is 17.2 Å². The van der Waals surface area contributed by atoms with Crippen molar-refractivity contribution in [3.63, 3.8) is 0 Å². The first-order chi connectivity index (χ1) is 19.1. The van der Waals surface area contributed by atoms with Crippen LogP contribution in [0, 0.1) is 0 Å². The van der Waals surface area contributed by atoms with Gasteiger partial charge in [0, 0.05) is 21.3 Å². The lowest BCUT2D eigenvalue weighted by Crippen LogP contribution is -2.45. The van der Waals surface area contributed by atoms with Gasteiger partial charge in [0.1, 0.15) is 5.75 Å². The first kappa shape index (κ1) is 30.4. The number of ether oxygens (including phenoxy) is 4. The number of hydrazone groups is 1. The van der Waals surface area contributed by atoms with E-state index >= 15 is 0 Å². The van der Waals surface area contributed by atoms with Crippen molar-refractivity contribution in [3.05, 3.63) is 63.3 Å². The van der Waals surface area contributed by atoms with Gasteiger partial charge in [-0.1, -0.05) is 18.2 Å². The smallest absolute Gasteiger partial charge is 0.341 e. The van der Waals surface area contributed by atoms with E-state index in [1.54, 1.807) is 44.2 Å². The van der Waals surface area contributed by atoms with Gasteiger partial charge in [-0.15, -0.1) is 0 Å². The summed E-state index contributed by atoms with van der Waals surface area (Å²) in [5.74, 6) is -1.29. The molecule has 1 amide bonds. The average molecular weight is 635 g/mol. The van der Waals surface area contributed by atoms with Crippen LogP contribution in [0.25, 0.3) is 0 Å². The summed E-state index contributed by atoms with van der Waals surface area (Å²) in [5, 5.41) is 19.1. The Balaban J connectivity index is 1.69. The molecule has 2 aromatic carbocycles. The van der Waals surface area contributed by atoms with E-state index in [1.807, 2.05) is 0 Å². The molecule has 0 aliphatic carbocycles. The number of benzene rings is 2. The molecule has 1 atom stereocenters. The maximum absolute atomic E-state index is 12.7. The van der Waals surface area contributed by atoms with Gasteiger partial charge in [-0.05, 0) is 60.2 Å². The van der Waals surface area contributed by atoms with Crippen LogP contribution in [0.1, 0.15) is 31.0 Å². The monoisotopic (exact) mass is 634 g/mol. The Hall–Kier alpha value is -4.17. The number of allylic oxidation sites excluding steroid dienone is 1. The average Bonchev–Trinajstić information content (AvgIpc) is 2.91. The van der Waals surface area contributed by atoms with Gasteiger partial charge < -0.3 is 34.7 Å². The van der Waals surface area contributed by atoms with Gasteiger partial charge in [0.15, 0.2) is 29.8 Å². The van der Waals surface area contributed by atoms with Crippen LogP contribution in [0.5, 0.6) is 17.2 Å². The molecule has 212 valence electrons. The second-order valence-electron chi connectivity index (χ2n) is 8.12. The van der Waals surface area contributed by atoms with Crippen molar-refractivity contribution in [2.24, 2.45) is 5.10 Å². The first-order valence-electron chi connectivity index (χ1n) is 11.9. The van der Waals surface area contributed by atoms with Gasteiger partial charge in [0.2, 0.25) is 0 Å². The van der Waals surface area contributed by atoms with E-state index in [4.69, 9.17) is 36.3 Å². The van der Waals surface area contributed by atoms with E-state index in [2.05, 4.69) is 37.1 Å². The third-order valence-corrected chi connectivity index (χ3v) is 6.29. The van der Waals surface area contributed by atoms with Crippen LogP contribution >= 0.6 is 28.1 Å². The first-order valence-corrected chi connectivity index (χ1v) is 13.1. The Morgan fingerprint density at radius 1 is 1.15 bits per heavy atom. The minimum Gasteiger partial charge on any atom is -0.493 e. The minimum atomic E-state index is -1.13. The Kier molecular flexibility index (Phi) is 10.8. The summed E-state index contributed by atoms with van der Waals surface area (Å²) in [6, 6.07) is 9.40. The van der Waals surface area contributed by atoms with Gasteiger partial charge in [-0.3, -0.25) is 4.79 Å². The topological polar surface area (TPSA) is 157 Å². The summed E-state index contributed by atoms with van der Waals surface area (Å²) in [5.41, 5.74) is 4.41. The van der Waals surface area contributed by atoms with Crippen molar-refractivity contribution in [1.29, 1.82) is 0 Å². The molecule has 1 heterocycles. The molecule has 0 saturated heterocycles. The lowest BCUT2D eigenvalue weighted by molar-refractivity contribution is -0.140. The van der Waals surface area contributed by atoms with Crippen molar-refractivity contribution in [2.75, 3.05) is 26.9 Å². The third-order valence-electron chi connectivity index (χ3n) is 5.38. The number of carboxylic acids is 1. The van der Waals surface area contributed by atoms with Crippen LogP contribution in [0.3, 0.4) is 0 Å². The molecule has 4 N–H and O–H groups in total. The standard InChI is InChI=1S/C26H27BrN4O8S/c1-4-37-25(35)23-14(2)29-26(40)30-24(23)16-7-5-6-8-18(16)38-12-21(32)31-28-11-15-9-19(36-3)20(10-17(15)27)39-13-22(33)34/h5-11,24H,4,12-13H2,1-3H3,(H,31,32)(H,33,34)(H2,29,30,40)/t24-/m0/s1. The predicted octanol–water partition coefficient (Wildman–Crippen LogP) is 2.81. The zero-order chi connectivity index (χ0) is 29.2. The number of carbonyl (C=O) groups is 3. The van der Waals surface area contributed by atoms with Crippen LogP contribution in [0.4, 0.5) is 0 Å². The Morgan fingerprint density at radius 3 is 2.58 bits per heavy atom. The Labute approximate surface area is 243 Å². The maximum atomic E-state index is 12.7. The van der Waals surface area contributed by atoms with Crippen molar-refractivity contribution >= 4 is 57.3 Å². The molecule has 0 radical (unpaired) electrons. The second kappa shape index (κ2) is 14.3. The third kappa shape index (κ3) is 7.93. The summed E-state index contributed by atoms with van der Waals surface area (Å²) in [6.07, 6.45) is 1.37. The van der Waals surface area contributed by atoms with E-state index in [0.29, 0.717) is 37.7 Å². The number of rotatable bonds is 12. The summed E-state index contributed by atoms with van der Waals surface area (Å²) in [6.45, 7) is 2.75. The van der Waals surface area contributed by atoms with Crippen molar-refractivity contribution < 1.29 is 38.4 Å². The molecule has 0 fully saturated rings. The highest BCUT2D eigenvalue weighted by Crippen LogP contribution is 2.34. The molecule has 2 aromatic rings. The summed E-state index contributed by atoms with van der Waals surface area (Å²) < 4.78 is 22.0. The van der Waals surface area contributed by atoms with E-state index in [9.17, 15) is 14.4 Å². The lowest BCUT2D eigenvalue weighted by Gasteiger charge is -2.30. The molecule has 40 heavy (non-hydrogen) atoms. The molecular weight excluding hydrogens is 608 g/mol. The van der Waals surface area contributed by atoms with E-state index < -0.39 is 30.5 Å². The van der Waals surface area contributed by atoms with Crippen molar-refractivity contribution in [2.45, 2.75) is 19.9 Å². The molecule has 3 rings (SSSR count).